The molecule has 2 aromatic heterocycles. The molecule has 0 unspecified atom stereocenters. The fourth-order valence-electron chi connectivity index (χ4n) is 10.1. The molecule has 3 fully saturated rings. The van der Waals surface area contributed by atoms with Gasteiger partial charge < -0.3 is 44.8 Å². The Labute approximate surface area is 385 Å². The number of carbonyl (C=O) groups is 4. The predicted molar refractivity (Wildman–Crippen MR) is 250 cm³/mol. The molecule has 5 heterocycles. The first-order valence-corrected chi connectivity index (χ1v) is 23.2. The van der Waals surface area contributed by atoms with Crippen molar-refractivity contribution < 1.29 is 28.7 Å². The highest BCUT2D eigenvalue weighted by molar-refractivity contribution is 5.87. The van der Waals surface area contributed by atoms with Crippen molar-refractivity contribution in [2.24, 2.45) is 11.8 Å². The standard InChI is InChI=1S/C50H62N10O6/c1-28(2)42(56-48(63)65-7)46(61)58-23-9-11-40(58)44-52-34-19-13-30(25-36(34)54-44)38-21-22-39(60(38)33-17-15-32(16-18-33)50(5,6)27-51)31-14-20-35-37(26-31)55-45(53-35)41-12-10-24-59(41)47(62)43(29(3)4)57-49(64)66-8/h13-20,25-26,28-29,38-43H,9-12,21-24H2,1-8H3,(H,52,54)(H,53,55)(H,56,63)(H,57,64)/t38-,39-,40+,41+,42+,43+/m1/s1. The van der Waals surface area contributed by atoms with Crippen LogP contribution in [0.4, 0.5) is 15.3 Å². The van der Waals surface area contributed by atoms with Gasteiger partial charge in [0.25, 0.3) is 0 Å². The van der Waals surface area contributed by atoms with Crippen LogP contribution in [0.25, 0.3) is 22.1 Å². The van der Waals surface area contributed by atoms with Gasteiger partial charge in [0.2, 0.25) is 11.8 Å². The van der Waals surface area contributed by atoms with Crippen molar-refractivity contribution in [3.63, 3.8) is 0 Å². The molecule has 8 rings (SSSR count). The summed E-state index contributed by atoms with van der Waals surface area (Å²) in [5.74, 6) is 0.870. The molecule has 0 bridgehead atoms. The number of H-pyrrole nitrogens is 2. The van der Waals surface area contributed by atoms with Crippen LogP contribution in [0.15, 0.2) is 60.7 Å². The topological polar surface area (TPSA) is 202 Å². The molecule has 6 atom stereocenters. The van der Waals surface area contributed by atoms with Crippen LogP contribution in [0.2, 0.25) is 0 Å². The minimum Gasteiger partial charge on any atom is -0.453 e. The summed E-state index contributed by atoms with van der Waals surface area (Å²) in [7, 11) is 2.59. The van der Waals surface area contributed by atoms with Crippen LogP contribution in [0.3, 0.4) is 0 Å². The number of amides is 4. The zero-order chi connectivity index (χ0) is 47.0. The van der Waals surface area contributed by atoms with Crippen LogP contribution in [-0.2, 0) is 24.5 Å². The molecule has 0 spiro atoms. The van der Waals surface area contributed by atoms with Crippen molar-refractivity contribution in [2.45, 2.75) is 122 Å². The van der Waals surface area contributed by atoms with E-state index in [2.05, 4.69) is 92.2 Å². The largest absolute Gasteiger partial charge is 0.453 e. The molecule has 4 N–H and O–H groups in total. The number of nitrogens with zero attached hydrogens (tertiary/aromatic N) is 6. The number of carbonyl (C=O) groups excluding carboxylic acids is 4. The van der Waals surface area contributed by atoms with E-state index in [1.807, 2.05) is 51.3 Å². The molecule has 0 radical (unpaired) electrons. The third-order valence-corrected chi connectivity index (χ3v) is 13.9. The molecule has 66 heavy (non-hydrogen) atoms. The molecule has 5 aromatic rings. The van der Waals surface area contributed by atoms with Gasteiger partial charge in [0, 0.05) is 18.8 Å². The Morgan fingerprint density at radius 2 is 1.18 bits per heavy atom. The van der Waals surface area contributed by atoms with Crippen molar-refractivity contribution in [3.8, 4) is 6.07 Å². The van der Waals surface area contributed by atoms with Crippen LogP contribution < -0.4 is 15.5 Å². The van der Waals surface area contributed by atoms with Gasteiger partial charge in [-0.2, -0.15) is 5.26 Å². The van der Waals surface area contributed by atoms with E-state index in [0.29, 0.717) is 13.1 Å². The van der Waals surface area contributed by atoms with Gasteiger partial charge in [0.05, 0.1) is 71.9 Å². The van der Waals surface area contributed by atoms with Crippen LogP contribution in [0.5, 0.6) is 0 Å². The number of rotatable bonds is 12. The second kappa shape index (κ2) is 18.7. The van der Waals surface area contributed by atoms with Crippen molar-refractivity contribution in [1.29, 1.82) is 5.26 Å². The van der Waals surface area contributed by atoms with Crippen LogP contribution >= 0.6 is 0 Å². The normalized spacial score (nSPS) is 20.8. The Morgan fingerprint density at radius 1 is 0.682 bits per heavy atom. The fourth-order valence-corrected chi connectivity index (χ4v) is 10.1. The zero-order valence-corrected chi connectivity index (χ0v) is 39.2. The molecule has 348 valence electrons. The summed E-state index contributed by atoms with van der Waals surface area (Å²) in [5.41, 5.74) is 6.97. The number of nitriles is 1. The number of aromatic nitrogens is 4. The lowest BCUT2D eigenvalue weighted by molar-refractivity contribution is -0.136. The van der Waals surface area contributed by atoms with Crippen molar-refractivity contribution >= 4 is 51.8 Å². The zero-order valence-electron chi connectivity index (χ0n) is 39.2. The second-order valence-electron chi connectivity index (χ2n) is 19.2. The maximum atomic E-state index is 13.9. The molecule has 0 aliphatic carbocycles. The Morgan fingerprint density at radius 3 is 1.70 bits per heavy atom. The summed E-state index contributed by atoms with van der Waals surface area (Å²) in [4.78, 5) is 75.5. The first-order chi connectivity index (χ1) is 31.6. The Kier molecular flexibility index (Phi) is 13.0. The predicted octanol–water partition coefficient (Wildman–Crippen LogP) is 8.41. The minimum absolute atomic E-state index is 0.00210. The van der Waals surface area contributed by atoms with E-state index < -0.39 is 29.7 Å². The van der Waals surface area contributed by atoms with E-state index in [9.17, 15) is 24.4 Å². The van der Waals surface area contributed by atoms with Crippen molar-refractivity contribution in [3.05, 3.63) is 89.0 Å². The van der Waals surface area contributed by atoms with E-state index in [1.54, 1.807) is 0 Å². The monoisotopic (exact) mass is 898 g/mol. The van der Waals surface area contributed by atoms with Crippen molar-refractivity contribution in [2.75, 3.05) is 32.2 Å². The van der Waals surface area contributed by atoms with Gasteiger partial charge in [-0.05, 0) is 117 Å². The molecule has 16 heteroatoms. The highest BCUT2D eigenvalue weighted by Crippen LogP contribution is 2.48. The molecule has 4 amide bonds. The lowest BCUT2D eigenvalue weighted by Crippen LogP contribution is -2.51. The number of hydrogen-bond acceptors (Lipinski definition) is 10. The Balaban J connectivity index is 1.09. The Bertz CT molecular complexity index is 2500. The number of alkyl carbamates (subject to hydrolysis) is 2. The highest BCUT2D eigenvalue weighted by atomic mass is 16.5. The number of hydrogen-bond donors (Lipinski definition) is 4. The second-order valence-corrected chi connectivity index (χ2v) is 19.2. The van der Waals surface area contributed by atoms with Gasteiger partial charge in [-0.25, -0.2) is 19.6 Å². The molecular weight excluding hydrogens is 837 g/mol. The first-order valence-electron chi connectivity index (χ1n) is 23.2. The van der Waals surface area contributed by atoms with Gasteiger partial charge in [-0.15, -0.1) is 0 Å². The van der Waals surface area contributed by atoms with E-state index in [0.717, 1.165) is 94.6 Å². The van der Waals surface area contributed by atoms with E-state index >= 15 is 0 Å². The number of anilines is 1. The van der Waals surface area contributed by atoms with Crippen LogP contribution in [0, 0.1) is 23.2 Å². The Hall–Kier alpha value is -6.63. The summed E-state index contributed by atoms with van der Waals surface area (Å²) in [6, 6.07) is 21.6. The van der Waals surface area contributed by atoms with Gasteiger partial charge in [0.1, 0.15) is 23.7 Å². The highest BCUT2D eigenvalue weighted by Gasteiger charge is 2.41. The molecule has 3 aromatic carbocycles. The maximum Gasteiger partial charge on any atom is 0.407 e. The average Bonchev–Trinajstić information content (AvgIpc) is 4.17. The van der Waals surface area contributed by atoms with Crippen LogP contribution in [-0.4, -0.2) is 93.1 Å². The summed E-state index contributed by atoms with van der Waals surface area (Å²) < 4.78 is 9.65. The number of nitrogens with one attached hydrogen (secondary N) is 4. The smallest absolute Gasteiger partial charge is 0.407 e. The number of benzene rings is 3. The first kappa shape index (κ1) is 45.9. The summed E-state index contributed by atoms with van der Waals surface area (Å²) in [6.45, 7) is 12.6. The molecular formula is C50H62N10O6. The third-order valence-electron chi connectivity index (χ3n) is 13.9. The summed E-state index contributed by atoms with van der Waals surface area (Å²) >= 11 is 0. The summed E-state index contributed by atoms with van der Waals surface area (Å²) in [6.07, 6.45) is 3.63. The molecule has 3 saturated heterocycles. The minimum atomic E-state index is -0.722. The van der Waals surface area contributed by atoms with E-state index in [-0.39, 0.29) is 47.8 Å². The number of likely N-dealkylation sites (tertiary alicyclic amines) is 2. The average molecular weight is 899 g/mol. The SMILES string of the molecule is COC(=O)N[C@H](C(=O)N1CCC[C@H]1c1nc2cc([C@H]3CC[C@H](c4ccc5nc([C@@H]6CCCN6C(=O)[C@@H](NC(=O)OC)C(C)C)[nH]c5c4)N3c3ccc(C(C)(C)C#N)cc3)ccc2[nH]1)C(C)C. The number of imidazole rings is 2. The number of methoxy groups -OCH3 is 2. The number of ether oxygens (including phenoxy) is 2. The third kappa shape index (κ3) is 8.87. The molecule has 3 aliphatic rings. The lowest BCUT2D eigenvalue weighted by atomic mass is 9.86. The fraction of sp³-hybridized carbons (Fsp3) is 0.500. The van der Waals surface area contributed by atoms with Gasteiger partial charge in [-0.1, -0.05) is 52.0 Å². The van der Waals surface area contributed by atoms with E-state index in [1.165, 1.54) is 14.2 Å². The summed E-state index contributed by atoms with van der Waals surface area (Å²) in [5, 5.41) is 15.4. The van der Waals surface area contributed by atoms with Gasteiger partial charge in [-0.3, -0.25) is 9.59 Å². The molecule has 3 aliphatic heterocycles. The molecule has 16 nitrogen and oxygen atoms in total. The van der Waals surface area contributed by atoms with E-state index in [4.69, 9.17) is 19.4 Å². The van der Waals surface area contributed by atoms with Crippen LogP contribution in [0.1, 0.15) is 133 Å². The molecule has 0 saturated carbocycles. The van der Waals surface area contributed by atoms with Crippen molar-refractivity contribution in [1.82, 2.24) is 40.4 Å². The number of aromatic amines is 2. The number of fused-ring (bicyclic) bond motifs is 2. The quantitative estimate of drug-likeness (QED) is 0.0942. The lowest BCUT2D eigenvalue weighted by Gasteiger charge is -2.34. The van der Waals surface area contributed by atoms with Gasteiger partial charge in [0.15, 0.2) is 0 Å². The van der Waals surface area contributed by atoms with Gasteiger partial charge >= 0.3 is 12.2 Å². The maximum absolute atomic E-state index is 13.9.